The number of benzene rings is 1. The number of hydrogen-bond acceptors (Lipinski definition) is 5. The van der Waals surface area contributed by atoms with Crippen molar-refractivity contribution in [2.24, 2.45) is 0 Å². The van der Waals surface area contributed by atoms with Crippen LogP contribution < -0.4 is 15.8 Å². The van der Waals surface area contributed by atoms with Crippen molar-refractivity contribution in [1.29, 1.82) is 0 Å². The van der Waals surface area contributed by atoms with Gasteiger partial charge in [0, 0.05) is 38.3 Å². The zero-order valence-corrected chi connectivity index (χ0v) is 17.7. The first-order valence-electron chi connectivity index (χ1n) is 10.2. The largest absolute Gasteiger partial charge is 0.372 e. The first-order chi connectivity index (χ1) is 14.1. The summed E-state index contributed by atoms with van der Waals surface area (Å²) in [6.07, 6.45) is 2.65. The summed E-state index contributed by atoms with van der Waals surface area (Å²) in [4.78, 5) is 33.7. The summed E-state index contributed by atoms with van der Waals surface area (Å²) < 4.78 is 1.76. The van der Waals surface area contributed by atoms with E-state index < -0.39 is 0 Å². The Morgan fingerprint density at radius 2 is 2.10 bits per heavy atom. The van der Waals surface area contributed by atoms with Gasteiger partial charge in [-0.1, -0.05) is 18.2 Å². The maximum absolute atomic E-state index is 12.8. The van der Waals surface area contributed by atoms with E-state index in [4.69, 9.17) is 0 Å². The quantitative estimate of drug-likeness (QED) is 0.607. The summed E-state index contributed by atoms with van der Waals surface area (Å²) >= 11 is 1.33. The molecule has 1 N–H and O–H groups in total. The number of aromatic nitrogens is 2. The molecule has 0 unspecified atom stereocenters. The van der Waals surface area contributed by atoms with Gasteiger partial charge in [0.05, 0.1) is 10.3 Å². The molecule has 0 saturated heterocycles. The zero-order valence-electron chi connectivity index (χ0n) is 16.9. The smallest absolute Gasteiger partial charge is 0.262 e. The number of para-hydroxylation sites is 1. The van der Waals surface area contributed by atoms with Crippen LogP contribution in [0.5, 0.6) is 0 Å². The second-order valence-electron chi connectivity index (χ2n) is 7.35. The fourth-order valence-corrected chi connectivity index (χ4v) is 5.06. The highest BCUT2D eigenvalue weighted by Gasteiger charge is 2.23. The predicted octanol–water partition coefficient (Wildman–Crippen LogP) is 3.36. The Balaban J connectivity index is 1.41. The Kier molecular flexibility index (Phi) is 5.67. The van der Waals surface area contributed by atoms with E-state index in [2.05, 4.69) is 34.3 Å². The zero-order chi connectivity index (χ0) is 20.4. The Hall–Kier alpha value is -2.67. The molecule has 4 rings (SSSR count). The van der Waals surface area contributed by atoms with E-state index in [9.17, 15) is 9.59 Å². The normalized spacial score (nSPS) is 12.9. The molecule has 1 aromatic carbocycles. The number of thiophene rings is 1. The average Bonchev–Trinajstić information content (AvgIpc) is 3.33. The lowest BCUT2D eigenvalue weighted by atomic mass is 10.2. The van der Waals surface area contributed by atoms with E-state index in [1.165, 1.54) is 17.0 Å². The van der Waals surface area contributed by atoms with Crippen molar-refractivity contribution in [1.82, 2.24) is 14.9 Å². The number of amides is 1. The summed E-state index contributed by atoms with van der Waals surface area (Å²) in [6.45, 7) is 7.11. The van der Waals surface area contributed by atoms with Gasteiger partial charge in [-0.05, 0) is 44.4 Å². The molecule has 1 aliphatic rings. The number of carbonyl (C=O) groups is 1. The number of hydrogen-bond donors (Lipinski definition) is 1. The molecular weight excluding hydrogens is 384 g/mol. The summed E-state index contributed by atoms with van der Waals surface area (Å²) in [6, 6.07) is 10.3. The van der Waals surface area contributed by atoms with Crippen molar-refractivity contribution in [3.63, 3.8) is 0 Å². The minimum Gasteiger partial charge on any atom is -0.372 e. The van der Waals surface area contributed by atoms with Gasteiger partial charge in [-0.3, -0.25) is 14.2 Å². The molecule has 0 radical (unpaired) electrons. The molecule has 1 amide bonds. The van der Waals surface area contributed by atoms with Crippen LogP contribution in [-0.4, -0.2) is 35.1 Å². The maximum Gasteiger partial charge on any atom is 0.262 e. The van der Waals surface area contributed by atoms with E-state index in [0.29, 0.717) is 21.6 Å². The monoisotopic (exact) mass is 410 g/mol. The first-order valence-corrected chi connectivity index (χ1v) is 11.0. The van der Waals surface area contributed by atoms with Gasteiger partial charge in [0.1, 0.15) is 10.7 Å². The van der Waals surface area contributed by atoms with Crippen LogP contribution in [0.4, 0.5) is 5.69 Å². The first kappa shape index (κ1) is 19.6. The molecule has 152 valence electrons. The molecular formula is C22H26N4O2S. The molecule has 7 heteroatoms. The van der Waals surface area contributed by atoms with E-state index in [1.807, 2.05) is 25.1 Å². The highest BCUT2D eigenvalue weighted by atomic mass is 32.1. The second-order valence-corrected chi connectivity index (χ2v) is 8.35. The number of carbonyl (C=O) groups excluding carboxylic acids is 1. The fraction of sp³-hybridized carbons (Fsp3) is 0.409. The molecule has 0 atom stereocenters. The van der Waals surface area contributed by atoms with Crippen molar-refractivity contribution < 1.29 is 4.79 Å². The minimum atomic E-state index is -0.113. The van der Waals surface area contributed by atoms with Crippen LogP contribution in [0.15, 0.2) is 35.1 Å². The van der Waals surface area contributed by atoms with Crippen LogP contribution in [0.2, 0.25) is 0 Å². The highest BCUT2D eigenvalue weighted by Crippen LogP contribution is 2.28. The second kappa shape index (κ2) is 8.37. The van der Waals surface area contributed by atoms with Gasteiger partial charge < -0.3 is 10.2 Å². The molecule has 0 aliphatic carbocycles. The van der Waals surface area contributed by atoms with Gasteiger partial charge in [-0.15, -0.1) is 11.3 Å². The van der Waals surface area contributed by atoms with Crippen LogP contribution in [0.3, 0.4) is 0 Å². The summed E-state index contributed by atoms with van der Waals surface area (Å²) in [5, 5.41) is 3.62. The summed E-state index contributed by atoms with van der Waals surface area (Å²) in [5.74, 6) is 0.731. The third-order valence-electron chi connectivity index (χ3n) is 5.51. The lowest BCUT2D eigenvalue weighted by Gasteiger charge is -2.23. The van der Waals surface area contributed by atoms with Crippen LogP contribution in [-0.2, 0) is 13.0 Å². The number of nitrogens with one attached hydrogen (secondary N) is 1. The molecule has 3 aromatic rings. The Labute approximate surface area is 174 Å². The fourth-order valence-electron chi connectivity index (χ4n) is 3.95. The van der Waals surface area contributed by atoms with E-state index in [1.54, 1.807) is 4.57 Å². The third kappa shape index (κ3) is 3.79. The van der Waals surface area contributed by atoms with Gasteiger partial charge in [0.2, 0.25) is 0 Å². The van der Waals surface area contributed by atoms with E-state index >= 15 is 0 Å². The molecule has 6 nitrogen and oxygen atoms in total. The molecule has 0 saturated carbocycles. The average molecular weight is 411 g/mol. The number of aryl methyl sites for hydroxylation is 2. The molecule has 1 aliphatic heterocycles. The predicted molar refractivity (Wildman–Crippen MR) is 118 cm³/mol. The standard InChI is InChI=1S/C22H26N4O2S/c1-3-25(16-9-5-4-6-10-16)13-8-12-23-20(27)19-15(2)18-21(29-19)24-17-11-7-14-26(17)22(18)28/h4-6,9-10H,3,7-8,11-14H2,1-2H3,(H,23,27). The Morgan fingerprint density at radius 3 is 2.86 bits per heavy atom. The van der Waals surface area contributed by atoms with Gasteiger partial charge in [0.25, 0.3) is 11.5 Å². The molecule has 0 spiro atoms. The SMILES string of the molecule is CCN(CCCNC(=O)c1sc2nc3n(c(=O)c2c1C)CCC3)c1ccccc1. The number of fused-ring (bicyclic) bond motifs is 2. The van der Waals surface area contributed by atoms with Crippen molar-refractivity contribution in [2.75, 3.05) is 24.5 Å². The lowest BCUT2D eigenvalue weighted by molar-refractivity contribution is 0.0957. The van der Waals surface area contributed by atoms with Gasteiger partial charge in [-0.25, -0.2) is 4.98 Å². The van der Waals surface area contributed by atoms with E-state index in [0.717, 1.165) is 50.3 Å². The topological polar surface area (TPSA) is 67.2 Å². The number of nitrogens with zero attached hydrogens (tertiary/aromatic N) is 3. The van der Waals surface area contributed by atoms with Crippen LogP contribution in [0, 0.1) is 6.92 Å². The number of rotatable bonds is 7. The molecule has 2 aromatic heterocycles. The van der Waals surface area contributed by atoms with Crippen LogP contribution in [0.25, 0.3) is 10.2 Å². The van der Waals surface area contributed by atoms with Gasteiger partial charge >= 0.3 is 0 Å². The van der Waals surface area contributed by atoms with Crippen molar-refractivity contribution in [2.45, 2.75) is 39.7 Å². The van der Waals surface area contributed by atoms with Gasteiger partial charge in [-0.2, -0.15) is 0 Å². The molecule has 0 fully saturated rings. The van der Waals surface area contributed by atoms with E-state index in [-0.39, 0.29) is 11.5 Å². The van der Waals surface area contributed by atoms with Crippen molar-refractivity contribution in [3.8, 4) is 0 Å². The summed E-state index contributed by atoms with van der Waals surface area (Å²) in [7, 11) is 0. The van der Waals surface area contributed by atoms with Crippen LogP contribution in [0.1, 0.15) is 40.8 Å². The lowest BCUT2D eigenvalue weighted by Crippen LogP contribution is -2.29. The van der Waals surface area contributed by atoms with Crippen molar-refractivity contribution >= 4 is 33.1 Å². The molecule has 29 heavy (non-hydrogen) atoms. The molecule has 0 bridgehead atoms. The van der Waals surface area contributed by atoms with Crippen molar-refractivity contribution in [3.05, 3.63) is 57.0 Å². The number of anilines is 1. The third-order valence-corrected chi connectivity index (χ3v) is 6.70. The summed E-state index contributed by atoms with van der Waals surface area (Å²) in [5.41, 5.74) is 1.94. The Morgan fingerprint density at radius 1 is 1.31 bits per heavy atom. The minimum absolute atomic E-state index is 0.00301. The Bertz CT molecular complexity index is 1090. The van der Waals surface area contributed by atoms with Crippen LogP contribution >= 0.6 is 11.3 Å². The maximum atomic E-state index is 12.8. The van der Waals surface area contributed by atoms with Gasteiger partial charge in [0.15, 0.2) is 0 Å². The highest BCUT2D eigenvalue weighted by molar-refractivity contribution is 7.20. The molecule has 3 heterocycles.